The Morgan fingerprint density at radius 1 is 1.21 bits per heavy atom. The van der Waals surface area contributed by atoms with E-state index in [9.17, 15) is 4.79 Å². The number of nitrogens with one attached hydrogen (secondary N) is 2. The highest BCUT2D eigenvalue weighted by Crippen LogP contribution is 2.22. The fraction of sp³-hybridized carbons (Fsp3) is 0.455. The minimum Gasteiger partial charge on any atom is -0.497 e. The SMILES string of the molecule is COc1cccc(C(CNC(=O)NCc2ccnc(N3CCCC3)c2)N(C)C)c1. The first-order valence-corrected chi connectivity index (χ1v) is 10.1. The van der Waals surface area contributed by atoms with Crippen molar-refractivity contribution >= 4 is 11.8 Å². The lowest BCUT2D eigenvalue weighted by Gasteiger charge is -2.25. The number of benzene rings is 1. The van der Waals surface area contributed by atoms with E-state index >= 15 is 0 Å². The lowest BCUT2D eigenvalue weighted by Crippen LogP contribution is -2.40. The Kier molecular flexibility index (Phi) is 7.30. The number of amides is 2. The fourth-order valence-electron chi connectivity index (χ4n) is 3.57. The Morgan fingerprint density at radius 2 is 2.00 bits per heavy atom. The van der Waals surface area contributed by atoms with E-state index in [1.54, 1.807) is 7.11 Å². The average Bonchev–Trinajstić information content (AvgIpc) is 3.27. The summed E-state index contributed by atoms with van der Waals surface area (Å²) in [6.45, 7) is 3.09. The van der Waals surface area contributed by atoms with Crippen LogP contribution >= 0.6 is 0 Å². The highest BCUT2D eigenvalue weighted by molar-refractivity contribution is 5.73. The first kappa shape index (κ1) is 20.9. The number of urea groups is 1. The van der Waals surface area contributed by atoms with E-state index in [1.807, 2.05) is 50.6 Å². The number of hydrogen-bond acceptors (Lipinski definition) is 5. The van der Waals surface area contributed by atoms with Gasteiger partial charge in [-0.3, -0.25) is 0 Å². The molecular formula is C22H31N5O2. The van der Waals surface area contributed by atoms with Crippen molar-refractivity contribution in [1.29, 1.82) is 0 Å². The van der Waals surface area contributed by atoms with Gasteiger partial charge in [-0.05, 0) is 62.3 Å². The van der Waals surface area contributed by atoms with Crippen LogP contribution in [0.4, 0.5) is 10.6 Å². The van der Waals surface area contributed by atoms with Crippen LogP contribution in [-0.2, 0) is 6.54 Å². The smallest absolute Gasteiger partial charge is 0.315 e. The van der Waals surface area contributed by atoms with E-state index in [0.717, 1.165) is 35.8 Å². The molecule has 0 saturated carbocycles. The van der Waals surface area contributed by atoms with Crippen molar-refractivity contribution in [3.8, 4) is 5.75 Å². The Bertz CT molecular complexity index is 805. The zero-order valence-electron chi connectivity index (χ0n) is 17.5. The summed E-state index contributed by atoms with van der Waals surface area (Å²) in [5.74, 6) is 1.80. The van der Waals surface area contributed by atoms with Crippen molar-refractivity contribution in [2.75, 3.05) is 45.7 Å². The number of ether oxygens (including phenoxy) is 1. The number of rotatable bonds is 8. The molecule has 1 aromatic heterocycles. The van der Waals surface area contributed by atoms with Crippen molar-refractivity contribution in [2.45, 2.75) is 25.4 Å². The Morgan fingerprint density at radius 3 is 2.72 bits per heavy atom. The molecule has 29 heavy (non-hydrogen) atoms. The van der Waals surface area contributed by atoms with Crippen LogP contribution in [0.25, 0.3) is 0 Å². The van der Waals surface area contributed by atoms with Crippen LogP contribution in [0.15, 0.2) is 42.6 Å². The average molecular weight is 398 g/mol. The van der Waals surface area contributed by atoms with E-state index in [1.165, 1.54) is 12.8 Å². The third-order valence-electron chi connectivity index (χ3n) is 5.25. The third kappa shape index (κ3) is 5.84. The van der Waals surface area contributed by atoms with Crippen molar-refractivity contribution in [1.82, 2.24) is 20.5 Å². The second-order valence-electron chi connectivity index (χ2n) is 7.54. The molecule has 2 aromatic rings. The molecule has 7 nitrogen and oxygen atoms in total. The van der Waals surface area contributed by atoms with E-state index in [4.69, 9.17) is 4.74 Å². The monoisotopic (exact) mass is 397 g/mol. The molecule has 7 heteroatoms. The maximum Gasteiger partial charge on any atom is 0.315 e. The van der Waals surface area contributed by atoms with Crippen LogP contribution in [0.5, 0.6) is 5.75 Å². The molecule has 0 spiro atoms. The van der Waals surface area contributed by atoms with Gasteiger partial charge in [0.1, 0.15) is 11.6 Å². The number of hydrogen-bond donors (Lipinski definition) is 2. The first-order chi connectivity index (χ1) is 14.1. The van der Waals surface area contributed by atoms with E-state index in [0.29, 0.717) is 13.1 Å². The molecule has 2 amide bonds. The molecule has 0 bridgehead atoms. The number of carbonyl (C=O) groups excluding carboxylic acids is 1. The first-order valence-electron chi connectivity index (χ1n) is 10.1. The second kappa shape index (κ2) is 10.1. The van der Waals surface area contributed by atoms with Crippen molar-refractivity contribution in [3.63, 3.8) is 0 Å². The largest absolute Gasteiger partial charge is 0.497 e. The Hall–Kier alpha value is -2.80. The van der Waals surface area contributed by atoms with Crippen LogP contribution in [0.2, 0.25) is 0 Å². The predicted octanol–water partition coefficient (Wildman–Crippen LogP) is 2.79. The van der Waals surface area contributed by atoms with Gasteiger partial charge in [0.25, 0.3) is 0 Å². The topological polar surface area (TPSA) is 69.7 Å². The third-order valence-corrected chi connectivity index (χ3v) is 5.25. The summed E-state index contributed by atoms with van der Waals surface area (Å²) in [4.78, 5) is 21.2. The predicted molar refractivity (Wildman–Crippen MR) is 115 cm³/mol. The van der Waals surface area contributed by atoms with Gasteiger partial charge in [-0.1, -0.05) is 12.1 Å². The molecule has 1 saturated heterocycles. The zero-order chi connectivity index (χ0) is 20.6. The number of carbonyl (C=O) groups is 1. The number of methoxy groups -OCH3 is 1. The van der Waals surface area contributed by atoms with Gasteiger partial charge in [0.05, 0.1) is 13.2 Å². The molecule has 2 heterocycles. The zero-order valence-corrected chi connectivity index (χ0v) is 17.5. The molecule has 1 aliphatic rings. The molecule has 3 rings (SSSR count). The maximum absolute atomic E-state index is 12.3. The number of nitrogens with zero attached hydrogens (tertiary/aromatic N) is 3. The van der Waals surface area contributed by atoms with E-state index in [2.05, 4.69) is 31.5 Å². The maximum atomic E-state index is 12.3. The van der Waals surface area contributed by atoms with Crippen LogP contribution in [0, 0.1) is 0 Å². The fourth-order valence-corrected chi connectivity index (χ4v) is 3.57. The standard InChI is InChI=1S/C22H31N5O2/c1-26(2)20(18-7-6-8-19(14-18)29-3)16-25-22(28)24-15-17-9-10-23-21(13-17)27-11-4-5-12-27/h6-10,13-14,20H,4-5,11-12,15-16H2,1-3H3,(H2,24,25,28). The molecule has 0 radical (unpaired) electrons. The van der Waals surface area contributed by atoms with Gasteiger partial charge in [0.2, 0.25) is 0 Å². The van der Waals surface area contributed by atoms with E-state index in [-0.39, 0.29) is 12.1 Å². The van der Waals surface area contributed by atoms with Gasteiger partial charge in [0, 0.05) is 32.4 Å². The van der Waals surface area contributed by atoms with Crippen molar-refractivity contribution < 1.29 is 9.53 Å². The molecule has 1 fully saturated rings. The number of anilines is 1. The summed E-state index contributed by atoms with van der Waals surface area (Å²) >= 11 is 0. The number of aromatic nitrogens is 1. The number of likely N-dealkylation sites (N-methyl/N-ethyl adjacent to an activating group) is 1. The molecule has 1 aromatic carbocycles. The quantitative estimate of drug-likeness (QED) is 0.717. The summed E-state index contributed by atoms with van der Waals surface area (Å²) in [5.41, 5.74) is 2.15. The van der Waals surface area contributed by atoms with Crippen LogP contribution < -0.4 is 20.3 Å². The molecule has 1 atom stereocenters. The normalized spacial score (nSPS) is 14.7. The highest BCUT2D eigenvalue weighted by atomic mass is 16.5. The van der Waals surface area contributed by atoms with Crippen molar-refractivity contribution in [2.24, 2.45) is 0 Å². The van der Waals surface area contributed by atoms with Gasteiger partial charge < -0.3 is 25.2 Å². The van der Waals surface area contributed by atoms with Crippen LogP contribution in [0.1, 0.15) is 30.0 Å². The van der Waals surface area contributed by atoms with Gasteiger partial charge in [-0.2, -0.15) is 0 Å². The molecule has 1 unspecified atom stereocenters. The Balaban J connectivity index is 1.52. The van der Waals surface area contributed by atoms with Crippen LogP contribution in [-0.4, -0.2) is 56.8 Å². The lowest BCUT2D eigenvalue weighted by molar-refractivity contribution is 0.232. The van der Waals surface area contributed by atoms with E-state index < -0.39 is 0 Å². The molecule has 2 N–H and O–H groups in total. The highest BCUT2D eigenvalue weighted by Gasteiger charge is 2.16. The molecule has 1 aliphatic heterocycles. The summed E-state index contributed by atoms with van der Waals surface area (Å²) < 4.78 is 5.32. The molecular weight excluding hydrogens is 366 g/mol. The van der Waals surface area contributed by atoms with Gasteiger partial charge >= 0.3 is 6.03 Å². The summed E-state index contributed by atoms with van der Waals surface area (Å²) in [6, 6.07) is 11.8. The lowest BCUT2D eigenvalue weighted by atomic mass is 10.1. The summed E-state index contributed by atoms with van der Waals surface area (Å²) in [5, 5.41) is 5.93. The minimum absolute atomic E-state index is 0.0542. The summed E-state index contributed by atoms with van der Waals surface area (Å²) in [7, 11) is 5.66. The summed E-state index contributed by atoms with van der Waals surface area (Å²) in [6.07, 6.45) is 4.24. The minimum atomic E-state index is -0.181. The van der Waals surface area contributed by atoms with Gasteiger partial charge in [-0.25, -0.2) is 9.78 Å². The molecule has 156 valence electrons. The second-order valence-corrected chi connectivity index (χ2v) is 7.54. The van der Waals surface area contributed by atoms with Gasteiger partial charge in [0.15, 0.2) is 0 Å². The van der Waals surface area contributed by atoms with Gasteiger partial charge in [-0.15, -0.1) is 0 Å². The van der Waals surface area contributed by atoms with Crippen LogP contribution in [0.3, 0.4) is 0 Å². The number of pyridine rings is 1. The van der Waals surface area contributed by atoms with Crippen molar-refractivity contribution in [3.05, 3.63) is 53.7 Å². The Labute approximate surface area is 173 Å². The molecule has 0 aliphatic carbocycles.